The molecule has 1 amide bonds. The maximum absolute atomic E-state index is 12.8. The lowest BCUT2D eigenvalue weighted by Crippen LogP contribution is -2.43. The van der Waals surface area contributed by atoms with Gasteiger partial charge in [-0.3, -0.25) is 14.4 Å². The van der Waals surface area contributed by atoms with Crippen LogP contribution in [0.1, 0.15) is 37.4 Å². The number of nitrogens with zero attached hydrogens (tertiary/aromatic N) is 7. The van der Waals surface area contributed by atoms with Crippen molar-refractivity contribution in [2.45, 2.75) is 31.8 Å². The normalized spacial score (nSPS) is 22.7. The Labute approximate surface area is 148 Å². The molecule has 1 aliphatic heterocycles. The summed E-state index contributed by atoms with van der Waals surface area (Å²) in [6, 6.07) is -0.0509. The van der Waals surface area contributed by atoms with Crippen molar-refractivity contribution < 1.29 is 4.79 Å². The summed E-state index contributed by atoms with van der Waals surface area (Å²) in [6.07, 6.45) is 9.33. The highest BCUT2D eigenvalue weighted by Crippen LogP contribution is 2.35. The van der Waals surface area contributed by atoms with Crippen molar-refractivity contribution in [3.8, 4) is 0 Å². The predicted molar refractivity (Wildman–Crippen MR) is 93.7 cm³/mol. The summed E-state index contributed by atoms with van der Waals surface area (Å²) < 4.78 is 3.45. The van der Waals surface area contributed by atoms with Gasteiger partial charge in [0.05, 0.1) is 6.20 Å². The molecule has 0 bridgehead atoms. The van der Waals surface area contributed by atoms with E-state index in [2.05, 4.69) is 33.3 Å². The molecule has 3 heterocycles. The fraction of sp³-hybridized carbons (Fsp3) is 0.647. The van der Waals surface area contributed by atoms with Crippen LogP contribution in [0.5, 0.6) is 0 Å². The first-order chi connectivity index (χ1) is 12.0. The number of likely N-dealkylation sites (tertiary alicyclic amines) is 1. The number of carbonyl (C=O) groups excluding carboxylic acids is 1. The van der Waals surface area contributed by atoms with Crippen LogP contribution in [0.3, 0.4) is 0 Å². The van der Waals surface area contributed by atoms with Crippen LogP contribution in [0, 0.1) is 5.92 Å². The first-order valence-corrected chi connectivity index (χ1v) is 8.75. The van der Waals surface area contributed by atoms with Crippen molar-refractivity contribution in [3.63, 3.8) is 0 Å². The fourth-order valence-electron chi connectivity index (χ4n) is 3.86. The molecule has 0 N–H and O–H groups in total. The first-order valence-electron chi connectivity index (χ1n) is 8.75. The van der Waals surface area contributed by atoms with Crippen molar-refractivity contribution in [2.75, 3.05) is 27.2 Å². The fourth-order valence-corrected chi connectivity index (χ4v) is 3.86. The van der Waals surface area contributed by atoms with Gasteiger partial charge in [-0.25, -0.2) is 9.67 Å². The molecule has 0 saturated carbocycles. The summed E-state index contributed by atoms with van der Waals surface area (Å²) in [6.45, 7) is 3.66. The molecule has 0 radical (unpaired) electrons. The van der Waals surface area contributed by atoms with Crippen LogP contribution in [0.15, 0.2) is 25.0 Å². The third kappa shape index (κ3) is 3.73. The lowest BCUT2D eigenvalue weighted by Gasteiger charge is -2.40. The molecule has 136 valence electrons. The van der Waals surface area contributed by atoms with E-state index >= 15 is 0 Å². The molecule has 0 spiro atoms. The number of amides is 1. The summed E-state index contributed by atoms with van der Waals surface area (Å²) in [5, 5.41) is 8.41. The Hall–Kier alpha value is -2.22. The third-order valence-electron chi connectivity index (χ3n) is 5.15. The largest absolute Gasteiger partial charge is 0.344 e. The van der Waals surface area contributed by atoms with Gasteiger partial charge < -0.3 is 4.90 Å². The van der Waals surface area contributed by atoms with Crippen molar-refractivity contribution >= 4 is 5.91 Å². The van der Waals surface area contributed by atoms with Gasteiger partial charge in [-0.1, -0.05) is 0 Å². The van der Waals surface area contributed by atoms with Gasteiger partial charge in [0, 0.05) is 38.4 Å². The maximum atomic E-state index is 12.8. The molecular weight excluding hydrogens is 318 g/mol. The summed E-state index contributed by atoms with van der Waals surface area (Å²) in [5.41, 5.74) is 1.22. The van der Waals surface area contributed by atoms with Crippen molar-refractivity contribution in [1.29, 1.82) is 0 Å². The molecule has 3 rings (SSSR count). The van der Waals surface area contributed by atoms with Crippen LogP contribution in [-0.4, -0.2) is 67.4 Å². The van der Waals surface area contributed by atoms with E-state index in [1.165, 1.54) is 11.9 Å². The molecule has 1 aliphatic rings. The standard InChI is InChI=1S/C17H27N7O/c1-13(24-12-18-11-20-24)17(25)22(3)9-14-6-5-7-21(2)16(14)15-8-19-23(4)10-15/h8,10-14,16H,5-7,9H2,1-4H3/t13?,14-,16+/m0/s1. The average molecular weight is 345 g/mol. The van der Waals surface area contributed by atoms with E-state index in [0.29, 0.717) is 12.0 Å². The predicted octanol–water partition coefficient (Wildman–Crippen LogP) is 1.11. The zero-order valence-corrected chi connectivity index (χ0v) is 15.4. The minimum absolute atomic E-state index is 0.0589. The zero-order chi connectivity index (χ0) is 18.0. The van der Waals surface area contributed by atoms with Gasteiger partial charge in [-0.15, -0.1) is 0 Å². The minimum Gasteiger partial charge on any atom is -0.344 e. The van der Waals surface area contributed by atoms with Crippen LogP contribution < -0.4 is 0 Å². The number of rotatable bonds is 5. The SMILES string of the molecule is CC(C(=O)N(C)C[C@@H]1CCCN(C)[C@H]1c1cnn(C)c1)n1cncn1. The van der Waals surface area contributed by atoms with E-state index < -0.39 is 0 Å². The van der Waals surface area contributed by atoms with Crippen LogP contribution in [0.25, 0.3) is 0 Å². The summed E-state index contributed by atoms with van der Waals surface area (Å²) >= 11 is 0. The van der Waals surface area contributed by atoms with Gasteiger partial charge in [0.15, 0.2) is 0 Å². The van der Waals surface area contributed by atoms with Gasteiger partial charge >= 0.3 is 0 Å². The quantitative estimate of drug-likeness (QED) is 0.812. The Bertz CT molecular complexity index is 696. The van der Waals surface area contributed by atoms with E-state index in [1.807, 2.05) is 36.8 Å². The van der Waals surface area contributed by atoms with Crippen molar-refractivity contribution in [1.82, 2.24) is 34.3 Å². The van der Waals surface area contributed by atoms with Gasteiger partial charge in [0.1, 0.15) is 18.7 Å². The van der Waals surface area contributed by atoms with Gasteiger partial charge in [0.25, 0.3) is 0 Å². The number of hydrogen-bond donors (Lipinski definition) is 0. The summed E-state index contributed by atoms with van der Waals surface area (Å²) in [4.78, 5) is 20.9. The Morgan fingerprint density at radius 2 is 2.20 bits per heavy atom. The molecule has 1 fully saturated rings. The maximum Gasteiger partial charge on any atom is 0.246 e. The lowest BCUT2D eigenvalue weighted by molar-refractivity contribution is -0.134. The molecule has 0 aromatic carbocycles. The van der Waals surface area contributed by atoms with E-state index in [0.717, 1.165) is 25.9 Å². The Morgan fingerprint density at radius 3 is 2.84 bits per heavy atom. The van der Waals surface area contributed by atoms with Crippen LogP contribution >= 0.6 is 0 Å². The van der Waals surface area contributed by atoms with E-state index in [9.17, 15) is 4.79 Å². The van der Waals surface area contributed by atoms with Crippen molar-refractivity contribution in [3.05, 3.63) is 30.6 Å². The minimum atomic E-state index is -0.342. The number of aromatic nitrogens is 5. The summed E-state index contributed by atoms with van der Waals surface area (Å²) in [5.74, 6) is 0.448. The molecule has 3 atom stereocenters. The molecular formula is C17H27N7O. The number of carbonyl (C=O) groups is 1. The average Bonchev–Trinajstić information content (AvgIpc) is 3.25. The van der Waals surface area contributed by atoms with Crippen LogP contribution in [0.4, 0.5) is 0 Å². The number of likely N-dealkylation sites (N-methyl/N-ethyl adjacent to an activating group) is 1. The highest BCUT2D eigenvalue weighted by molar-refractivity contribution is 5.79. The van der Waals surface area contributed by atoms with E-state index in [1.54, 1.807) is 11.0 Å². The Balaban J connectivity index is 1.71. The second-order valence-electron chi connectivity index (χ2n) is 7.05. The number of hydrogen-bond acceptors (Lipinski definition) is 5. The molecule has 8 heteroatoms. The highest BCUT2D eigenvalue weighted by Gasteiger charge is 2.33. The molecule has 1 saturated heterocycles. The number of piperidine rings is 1. The Kier molecular flexibility index (Phi) is 5.17. The molecule has 0 aliphatic carbocycles. The van der Waals surface area contributed by atoms with Gasteiger partial charge in [-0.2, -0.15) is 10.2 Å². The second-order valence-corrected chi connectivity index (χ2v) is 7.05. The first kappa shape index (κ1) is 17.6. The lowest BCUT2D eigenvalue weighted by atomic mass is 9.85. The van der Waals surface area contributed by atoms with Crippen LogP contribution in [0.2, 0.25) is 0 Å². The third-order valence-corrected chi connectivity index (χ3v) is 5.15. The van der Waals surface area contributed by atoms with E-state index in [-0.39, 0.29) is 11.9 Å². The van der Waals surface area contributed by atoms with Gasteiger partial charge in [0.2, 0.25) is 5.91 Å². The zero-order valence-electron chi connectivity index (χ0n) is 15.4. The van der Waals surface area contributed by atoms with Crippen LogP contribution in [-0.2, 0) is 11.8 Å². The smallest absolute Gasteiger partial charge is 0.246 e. The highest BCUT2D eigenvalue weighted by atomic mass is 16.2. The molecule has 2 aromatic heterocycles. The molecule has 1 unspecified atom stereocenters. The molecule has 8 nitrogen and oxygen atoms in total. The van der Waals surface area contributed by atoms with E-state index in [4.69, 9.17) is 0 Å². The topological polar surface area (TPSA) is 72.1 Å². The summed E-state index contributed by atoms with van der Waals surface area (Å²) in [7, 11) is 5.98. The monoisotopic (exact) mass is 345 g/mol. The second kappa shape index (κ2) is 7.35. The van der Waals surface area contributed by atoms with Gasteiger partial charge in [-0.05, 0) is 39.3 Å². The number of aryl methyl sites for hydroxylation is 1. The van der Waals surface area contributed by atoms with Crippen molar-refractivity contribution in [2.24, 2.45) is 13.0 Å². The molecule has 25 heavy (non-hydrogen) atoms. The molecule has 2 aromatic rings. The Morgan fingerprint density at radius 1 is 1.40 bits per heavy atom.